The lowest BCUT2D eigenvalue weighted by Gasteiger charge is -2.36. The van der Waals surface area contributed by atoms with Gasteiger partial charge in [-0.05, 0) is 30.9 Å². The normalized spacial score (nSPS) is 14.7. The van der Waals surface area contributed by atoms with Crippen LogP contribution in [0.1, 0.15) is 50.8 Å². The van der Waals surface area contributed by atoms with E-state index in [0.717, 1.165) is 19.4 Å². The van der Waals surface area contributed by atoms with E-state index in [2.05, 4.69) is 109 Å². The summed E-state index contributed by atoms with van der Waals surface area (Å²) in [4.78, 5) is 0. The van der Waals surface area contributed by atoms with E-state index in [1.165, 1.54) is 17.5 Å². The van der Waals surface area contributed by atoms with Gasteiger partial charge in [-0.25, -0.2) is 9.13 Å². The monoisotopic (exact) mass is 347 g/mol. The summed E-state index contributed by atoms with van der Waals surface area (Å²) in [6.45, 7) is 7.93. The number of hydrogen-bond acceptors (Lipinski definition) is 0. The van der Waals surface area contributed by atoms with Crippen LogP contribution in [0.2, 0.25) is 0 Å². The standard InChI is InChI=1S/C24H31N2/c1-4-12-23(26-18-17-25(5-2)20-26)24(3,22-15-10-7-11-16-22)19-21-13-8-6-9-14-21/h6-11,13-18,20,23H,4-5,12,19H2,1-3H3/q+1. The van der Waals surface area contributed by atoms with Gasteiger partial charge in [0.1, 0.15) is 18.4 Å². The van der Waals surface area contributed by atoms with E-state index in [4.69, 9.17) is 0 Å². The summed E-state index contributed by atoms with van der Waals surface area (Å²) in [5.41, 5.74) is 2.85. The Labute approximate surface area is 158 Å². The van der Waals surface area contributed by atoms with Crippen molar-refractivity contribution in [1.82, 2.24) is 4.57 Å². The average molecular weight is 348 g/mol. The van der Waals surface area contributed by atoms with Crippen LogP contribution in [0.15, 0.2) is 79.4 Å². The molecule has 1 aromatic heterocycles. The minimum absolute atomic E-state index is 0.0310. The number of aromatic nitrogens is 2. The molecule has 26 heavy (non-hydrogen) atoms. The first-order valence-corrected chi connectivity index (χ1v) is 9.83. The Morgan fingerprint density at radius 3 is 2.19 bits per heavy atom. The maximum atomic E-state index is 2.44. The first-order chi connectivity index (χ1) is 12.7. The zero-order chi connectivity index (χ0) is 18.4. The van der Waals surface area contributed by atoms with Crippen molar-refractivity contribution in [3.8, 4) is 0 Å². The summed E-state index contributed by atoms with van der Waals surface area (Å²) in [7, 11) is 0. The Bertz CT molecular complexity index is 791. The molecule has 136 valence electrons. The average Bonchev–Trinajstić information content (AvgIpc) is 3.16. The molecule has 0 saturated carbocycles. The first-order valence-electron chi connectivity index (χ1n) is 9.83. The van der Waals surface area contributed by atoms with Crippen LogP contribution in [0.25, 0.3) is 0 Å². The quantitative estimate of drug-likeness (QED) is 0.487. The molecule has 3 rings (SSSR count). The van der Waals surface area contributed by atoms with Crippen molar-refractivity contribution in [1.29, 1.82) is 0 Å². The van der Waals surface area contributed by atoms with Crippen LogP contribution >= 0.6 is 0 Å². The summed E-state index contributed by atoms with van der Waals surface area (Å²) in [6.07, 6.45) is 10.1. The van der Waals surface area contributed by atoms with Gasteiger partial charge in [0.2, 0.25) is 6.33 Å². The van der Waals surface area contributed by atoms with E-state index in [9.17, 15) is 0 Å². The molecule has 2 unspecified atom stereocenters. The Hall–Kier alpha value is -2.35. The van der Waals surface area contributed by atoms with Gasteiger partial charge in [-0.3, -0.25) is 0 Å². The fraction of sp³-hybridized carbons (Fsp3) is 0.375. The number of rotatable bonds is 8. The Morgan fingerprint density at radius 2 is 1.62 bits per heavy atom. The number of hydrogen-bond donors (Lipinski definition) is 0. The van der Waals surface area contributed by atoms with Crippen molar-refractivity contribution in [2.45, 2.75) is 58.0 Å². The fourth-order valence-electron chi connectivity index (χ4n) is 4.10. The van der Waals surface area contributed by atoms with E-state index in [0.29, 0.717) is 6.04 Å². The molecule has 0 aliphatic carbocycles. The van der Waals surface area contributed by atoms with Gasteiger partial charge in [-0.2, -0.15) is 0 Å². The number of imidazole rings is 1. The van der Waals surface area contributed by atoms with Crippen molar-refractivity contribution < 1.29 is 4.57 Å². The van der Waals surface area contributed by atoms with Crippen LogP contribution < -0.4 is 4.57 Å². The Morgan fingerprint density at radius 1 is 0.962 bits per heavy atom. The SMILES string of the molecule is CCCC(n1cc[n+](CC)c1)C(C)(Cc1ccccc1)c1ccccc1. The molecule has 0 aliphatic rings. The van der Waals surface area contributed by atoms with E-state index in [1.807, 2.05) is 0 Å². The Kier molecular flexibility index (Phi) is 5.92. The number of benzene rings is 2. The molecule has 0 saturated heterocycles. The molecular weight excluding hydrogens is 316 g/mol. The molecule has 0 bridgehead atoms. The highest BCUT2D eigenvalue weighted by Crippen LogP contribution is 2.41. The van der Waals surface area contributed by atoms with Crippen molar-refractivity contribution >= 4 is 0 Å². The van der Waals surface area contributed by atoms with Crippen LogP contribution in [0, 0.1) is 0 Å². The van der Waals surface area contributed by atoms with Crippen LogP contribution in [0.5, 0.6) is 0 Å². The van der Waals surface area contributed by atoms with E-state index >= 15 is 0 Å². The number of aryl methyl sites for hydroxylation is 1. The van der Waals surface area contributed by atoms with Gasteiger partial charge in [0, 0.05) is 5.41 Å². The van der Waals surface area contributed by atoms with Gasteiger partial charge < -0.3 is 0 Å². The lowest BCUT2D eigenvalue weighted by Crippen LogP contribution is -2.37. The fourth-order valence-corrected chi connectivity index (χ4v) is 4.10. The van der Waals surface area contributed by atoms with Crippen LogP contribution in [-0.2, 0) is 18.4 Å². The smallest absolute Gasteiger partial charge is 0.237 e. The molecule has 3 aromatic rings. The molecule has 1 heterocycles. The van der Waals surface area contributed by atoms with Crippen molar-refractivity contribution in [3.63, 3.8) is 0 Å². The van der Waals surface area contributed by atoms with Gasteiger partial charge in [-0.15, -0.1) is 0 Å². The highest BCUT2D eigenvalue weighted by Gasteiger charge is 2.39. The number of nitrogens with zero attached hydrogens (tertiary/aromatic N) is 2. The molecule has 0 spiro atoms. The lowest BCUT2D eigenvalue weighted by molar-refractivity contribution is -0.693. The third-order valence-electron chi connectivity index (χ3n) is 5.58. The van der Waals surface area contributed by atoms with E-state index in [-0.39, 0.29) is 5.41 Å². The van der Waals surface area contributed by atoms with Gasteiger partial charge >= 0.3 is 0 Å². The van der Waals surface area contributed by atoms with Gasteiger partial charge in [0.25, 0.3) is 0 Å². The topological polar surface area (TPSA) is 8.81 Å². The molecule has 2 nitrogen and oxygen atoms in total. The summed E-state index contributed by atoms with van der Waals surface area (Å²) in [6, 6.07) is 22.4. The second-order valence-electron chi connectivity index (χ2n) is 7.44. The Balaban J connectivity index is 2.07. The van der Waals surface area contributed by atoms with Crippen LogP contribution in [0.3, 0.4) is 0 Å². The second-order valence-corrected chi connectivity index (χ2v) is 7.44. The molecule has 2 atom stereocenters. The van der Waals surface area contributed by atoms with E-state index in [1.54, 1.807) is 0 Å². The molecule has 0 radical (unpaired) electrons. The molecule has 2 aromatic carbocycles. The van der Waals surface area contributed by atoms with Gasteiger partial charge in [0.05, 0.1) is 6.54 Å². The maximum Gasteiger partial charge on any atom is 0.243 e. The highest BCUT2D eigenvalue weighted by molar-refractivity contribution is 5.30. The molecule has 0 amide bonds. The van der Waals surface area contributed by atoms with E-state index < -0.39 is 0 Å². The predicted octanol–water partition coefficient (Wildman–Crippen LogP) is 5.34. The third-order valence-corrected chi connectivity index (χ3v) is 5.58. The van der Waals surface area contributed by atoms with Gasteiger partial charge in [-0.1, -0.05) is 80.9 Å². The summed E-state index contributed by atoms with van der Waals surface area (Å²) < 4.78 is 4.69. The van der Waals surface area contributed by atoms with Crippen molar-refractivity contribution in [2.75, 3.05) is 0 Å². The molecular formula is C24H31N2+. The largest absolute Gasteiger partial charge is 0.243 e. The second kappa shape index (κ2) is 8.35. The third kappa shape index (κ3) is 3.90. The zero-order valence-corrected chi connectivity index (χ0v) is 16.3. The molecule has 0 aliphatic heterocycles. The summed E-state index contributed by atoms with van der Waals surface area (Å²) in [5, 5.41) is 0. The zero-order valence-electron chi connectivity index (χ0n) is 16.3. The van der Waals surface area contributed by atoms with Crippen LogP contribution in [0.4, 0.5) is 0 Å². The maximum absolute atomic E-state index is 2.44. The predicted molar refractivity (Wildman–Crippen MR) is 108 cm³/mol. The van der Waals surface area contributed by atoms with Crippen LogP contribution in [-0.4, -0.2) is 4.57 Å². The first kappa shape index (κ1) is 18.4. The highest BCUT2D eigenvalue weighted by atomic mass is 15.1. The minimum Gasteiger partial charge on any atom is -0.237 e. The summed E-state index contributed by atoms with van der Waals surface area (Å²) >= 11 is 0. The molecule has 0 fully saturated rings. The molecule has 2 heteroatoms. The van der Waals surface area contributed by atoms with Crippen molar-refractivity contribution in [2.24, 2.45) is 0 Å². The van der Waals surface area contributed by atoms with Gasteiger partial charge in [0.15, 0.2) is 0 Å². The summed E-state index contributed by atoms with van der Waals surface area (Å²) in [5.74, 6) is 0. The molecule has 0 N–H and O–H groups in total. The lowest BCUT2D eigenvalue weighted by atomic mass is 9.70. The minimum atomic E-state index is 0.0310. The van der Waals surface area contributed by atoms with Crippen molar-refractivity contribution in [3.05, 3.63) is 90.5 Å².